The molecule has 0 saturated heterocycles. The molecule has 0 saturated carbocycles. The van der Waals surface area contributed by atoms with E-state index in [1.807, 2.05) is 0 Å². The van der Waals surface area contributed by atoms with Gasteiger partial charge in [-0.1, -0.05) is 11.6 Å². The molecule has 1 aromatic carbocycles. The van der Waals surface area contributed by atoms with Crippen molar-refractivity contribution in [2.45, 2.75) is 19.6 Å². The van der Waals surface area contributed by atoms with Crippen molar-refractivity contribution in [2.75, 3.05) is 7.11 Å². The number of methoxy groups -OCH3 is 1. The lowest BCUT2D eigenvalue weighted by atomic mass is 10.0. The molecule has 0 aliphatic heterocycles. The van der Waals surface area contributed by atoms with Gasteiger partial charge in [-0.2, -0.15) is 0 Å². The van der Waals surface area contributed by atoms with Gasteiger partial charge in [0.05, 0.1) is 19.8 Å². The second-order valence-electron chi connectivity index (χ2n) is 3.01. The molecule has 1 atom stereocenters. The normalized spacial score (nSPS) is 12.6. The highest BCUT2D eigenvalue weighted by atomic mass is 35.5. The Bertz CT molecular complexity index is 323. The van der Waals surface area contributed by atoms with Crippen LogP contribution in [0, 0.1) is 0 Å². The average Bonchev–Trinajstić information content (AvgIpc) is 2.16. The van der Waals surface area contributed by atoms with Gasteiger partial charge in [-0.15, -0.1) is 0 Å². The van der Waals surface area contributed by atoms with Gasteiger partial charge in [-0.05, 0) is 24.6 Å². The Balaban J connectivity index is 3.31. The molecule has 0 radical (unpaired) electrons. The Hall–Kier alpha value is -0.770. The van der Waals surface area contributed by atoms with Crippen LogP contribution in [0.5, 0.6) is 5.75 Å². The van der Waals surface area contributed by atoms with Crippen LogP contribution in [-0.2, 0) is 6.61 Å². The molecule has 1 aromatic rings. The van der Waals surface area contributed by atoms with Crippen LogP contribution in [0.2, 0.25) is 5.02 Å². The first-order valence-corrected chi connectivity index (χ1v) is 4.63. The smallest absolute Gasteiger partial charge is 0.126 e. The zero-order chi connectivity index (χ0) is 10.7. The number of rotatable bonds is 3. The van der Waals surface area contributed by atoms with Gasteiger partial charge >= 0.3 is 0 Å². The van der Waals surface area contributed by atoms with E-state index in [1.165, 1.54) is 7.11 Å². The number of benzene rings is 1. The molecule has 0 fully saturated rings. The molecule has 0 aliphatic carbocycles. The largest absolute Gasteiger partial charge is 0.496 e. The van der Waals surface area contributed by atoms with Gasteiger partial charge in [0.15, 0.2) is 0 Å². The summed E-state index contributed by atoms with van der Waals surface area (Å²) in [5, 5.41) is 19.1. The lowest BCUT2D eigenvalue weighted by Gasteiger charge is -2.14. The van der Waals surface area contributed by atoms with Gasteiger partial charge in [0, 0.05) is 10.6 Å². The topological polar surface area (TPSA) is 49.7 Å². The van der Waals surface area contributed by atoms with Gasteiger partial charge in [0.25, 0.3) is 0 Å². The predicted molar refractivity (Wildman–Crippen MR) is 54.6 cm³/mol. The van der Waals surface area contributed by atoms with Crippen molar-refractivity contribution in [1.29, 1.82) is 0 Å². The van der Waals surface area contributed by atoms with Gasteiger partial charge < -0.3 is 14.9 Å². The second-order valence-corrected chi connectivity index (χ2v) is 3.45. The first-order valence-electron chi connectivity index (χ1n) is 4.25. The lowest BCUT2D eigenvalue weighted by Crippen LogP contribution is -2.01. The zero-order valence-electron chi connectivity index (χ0n) is 8.12. The predicted octanol–water partition coefficient (Wildman–Crippen LogP) is 1.89. The van der Waals surface area contributed by atoms with E-state index in [1.54, 1.807) is 19.1 Å². The molecule has 2 N–H and O–H groups in total. The standard InChI is InChI=1S/C10H13ClO3/c1-6(13)8-3-7(11)4-10(14-2)9(8)5-12/h3-4,6,12-13H,5H2,1-2H3. The Kier molecular flexibility index (Phi) is 3.75. The SMILES string of the molecule is COc1cc(Cl)cc(C(C)O)c1CO. The first-order chi connectivity index (χ1) is 6.60. The van der Waals surface area contributed by atoms with E-state index in [9.17, 15) is 5.11 Å². The van der Waals surface area contributed by atoms with E-state index >= 15 is 0 Å². The molecule has 1 rings (SSSR count). The molecule has 1 unspecified atom stereocenters. The third kappa shape index (κ3) is 2.18. The zero-order valence-corrected chi connectivity index (χ0v) is 8.88. The number of hydrogen-bond donors (Lipinski definition) is 2. The molecule has 0 spiro atoms. The molecule has 0 bridgehead atoms. The lowest BCUT2D eigenvalue weighted by molar-refractivity contribution is 0.192. The van der Waals surface area contributed by atoms with Crippen molar-refractivity contribution in [1.82, 2.24) is 0 Å². The molecule has 0 heterocycles. The Morgan fingerprint density at radius 3 is 2.57 bits per heavy atom. The fourth-order valence-electron chi connectivity index (χ4n) is 1.36. The van der Waals surface area contributed by atoms with Crippen molar-refractivity contribution >= 4 is 11.6 Å². The highest BCUT2D eigenvalue weighted by Gasteiger charge is 2.13. The number of ether oxygens (including phenoxy) is 1. The second kappa shape index (κ2) is 4.64. The quantitative estimate of drug-likeness (QED) is 0.812. The van der Waals surface area contributed by atoms with E-state index in [-0.39, 0.29) is 6.61 Å². The fraction of sp³-hybridized carbons (Fsp3) is 0.400. The van der Waals surface area contributed by atoms with Gasteiger partial charge in [-0.25, -0.2) is 0 Å². The Labute approximate surface area is 87.9 Å². The molecule has 0 amide bonds. The number of hydrogen-bond acceptors (Lipinski definition) is 3. The summed E-state index contributed by atoms with van der Waals surface area (Å²) in [6.07, 6.45) is -0.676. The summed E-state index contributed by atoms with van der Waals surface area (Å²) in [5.41, 5.74) is 1.17. The van der Waals surface area contributed by atoms with Gasteiger partial charge in [0.1, 0.15) is 5.75 Å². The van der Waals surface area contributed by atoms with Crippen molar-refractivity contribution in [3.05, 3.63) is 28.3 Å². The van der Waals surface area contributed by atoms with Crippen LogP contribution < -0.4 is 4.74 Å². The number of aliphatic hydroxyl groups is 2. The molecular weight excluding hydrogens is 204 g/mol. The minimum atomic E-state index is -0.676. The van der Waals surface area contributed by atoms with Crippen LogP contribution in [0.4, 0.5) is 0 Å². The van der Waals surface area contributed by atoms with Crippen LogP contribution in [0.25, 0.3) is 0 Å². The van der Waals surface area contributed by atoms with E-state index in [2.05, 4.69) is 0 Å². The maximum Gasteiger partial charge on any atom is 0.126 e. The summed E-state index contributed by atoms with van der Waals surface area (Å²) in [6.45, 7) is 1.44. The summed E-state index contributed by atoms with van der Waals surface area (Å²) in [5.74, 6) is 0.496. The van der Waals surface area contributed by atoms with Crippen LogP contribution >= 0.6 is 11.6 Å². The highest BCUT2D eigenvalue weighted by Crippen LogP contribution is 2.30. The molecule has 78 valence electrons. The van der Waals surface area contributed by atoms with Gasteiger partial charge in [-0.3, -0.25) is 0 Å². The van der Waals surface area contributed by atoms with E-state index < -0.39 is 6.10 Å². The van der Waals surface area contributed by atoms with Gasteiger partial charge in [0.2, 0.25) is 0 Å². The van der Waals surface area contributed by atoms with Crippen LogP contribution in [0.1, 0.15) is 24.2 Å². The van der Waals surface area contributed by atoms with Crippen molar-refractivity contribution in [3.8, 4) is 5.75 Å². The molecule has 14 heavy (non-hydrogen) atoms. The highest BCUT2D eigenvalue weighted by molar-refractivity contribution is 6.30. The maximum atomic E-state index is 9.45. The van der Waals surface area contributed by atoms with Crippen LogP contribution in [0.15, 0.2) is 12.1 Å². The van der Waals surface area contributed by atoms with E-state index in [0.717, 1.165) is 0 Å². The number of halogens is 1. The molecule has 3 nitrogen and oxygen atoms in total. The fourth-order valence-corrected chi connectivity index (χ4v) is 1.57. The minimum Gasteiger partial charge on any atom is -0.496 e. The Morgan fingerprint density at radius 1 is 1.50 bits per heavy atom. The van der Waals surface area contributed by atoms with Crippen molar-refractivity contribution < 1.29 is 14.9 Å². The summed E-state index contributed by atoms with van der Waals surface area (Å²) in [6, 6.07) is 3.24. The summed E-state index contributed by atoms with van der Waals surface area (Å²) in [4.78, 5) is 0. The number of aliphatic hydroxyl groups excluding tert-OH is 2. The average molecular weight is 217 g/mol. The third-order valence-corrected chi connectivity index (χ3v) is 2.25. The molecule has 0 aromatic heterocycles. The molecule has 4 heteroatoms. The monoisotopic (exact) mass is 216 g/mol. The van der Waals surface area contributed by atoms with Crippen LogP contribution in [-0.4, -0.2) is 17.3 Å². The summed E-state index contributed by atoms with van der Waals surface area (Å²) < 4.78 is 5.05. The Morgan fingerprint density at radius 2 is 2.14 bits per heavy atom. The van der Waals surface area contributed by atoms with E-state index in [4.69, 9.17) is 21.4 Å². The van der Waals surface area contributed by atoms with Crippen molar-refractivity contribution in [2.24, 2.45) is 0 Å². The molecule has 0 aliphatic rings. The van der Waals surface area contributed by atoms with Crippen molar-refractivity contribution in [3.63, 3.8) is 0 Å². The molecular formula is C10H13ClO3. The first kappa shape index (κ1) is 11.3. The minimum absolute atomic E-state index is 0.180. The summed E-state index contributed by atoms with van der Waals surface area (Å²) >= 11 is 5.83. The third-order valence-electron chi connectivity index (χ3n) is 2.04. The van der Waals surface area contributed by atoms with E-state index in [0.29, 0.717) is 21.9 Å². The maximum absolute atomic E-state index is 9.45. The summed E-state index contributed by atoms with van der Waals surface area (Å²) in [7, 11) is 1.50. The van der Waals surface area contributed by atoms with Crippen LogP contribution in [0.3, 0.4) is 0 Å².